The van der Waals surface area contributed by atoms with Gasteiger partial charge >= 0.3 is 0 Å². The highest BCUT2D eigenvalue weighted by atomic mass is 35.5. The first-order valence-electron chi connectivity index (χ1n) is 4.45. The maximum Gasteiger partial charge on any atom is 0.230 e. The minimum atomic E-state index is 0. The van der Waals surface area contributed by atoms with E-state index >= 15 is 0 Å². The summed E-state index contributed by atoms with van der Waals surface area (Å²) >= 11 is 1.62. The maximum absolute atomic E-state index is 11.6. The van der Waals surface area contributed by atoms with Crippen molar-refractivity contribution in [3.05, 3.63) is 17.0 Å². The van der Waals surface area contributed by atoms with Crippen molar-refractivity contribution in [1.29, 1.82) is 0 Å². The van der Waals surface area contributed by atoms with Gasteiger partial charge in [-0.15, -0.1) is 23.7 Å². The van der Waals surface area contributed by atoms with E-state index in [1.165, 1.54) is 5.56 Å². The molecule has 3 rings (SSSR count). The zero-order chi connectivity index (χ0) is 8.84. The molecule has 0 aliphatic carbocycles. The Balaban J connectivity index is 0.000000750. The molecule has 0 unspecified atom stereocenters. The van der Waals surface area contributed by atoms with Gasteiger partial charge in [0.25, 0.3) is 0 Å². The summed E-state index contributed by atoms with van der Waals surface area (Å²) in [6.07, 6.45) is 0. The number of hydrogen-bond donors (Lipinski definition) is 2. The standard InChI is InChI=1S/C9H10N2OS.ClH/c12-8-7-4-10-3-6(7)5-1-2-13-9(5)11-8;/h1-2,6-7,10H,3-4H2,(H,11,12);1H/t6-,7+;/m0./s1. The largest absolute Gasteiger partial charge is 0.317 e. The first-order valence-corrected chi connectivity index (χ1v) is 5.33. The summed E-state index contributed by atoms with van der Waals surface area (Å²) in [4.78, 5) is 11.6. The first kappa shape index (κ1) is 9.96. The number of hydrogen-bond acceptors (Lipinski definition) is 3. The van der Waals surface area contributed by atoms with Crippen molar-refractivity contribution in [2.45, 2.75) is 5.92 Å². The van der Waals surface area contributed by atoms with Crippen LogP contribution in [0.4, 0.5) is 5.00 Å². The van der Waals surface area contributed by atoms with Crippen LogP contribution < -0.4 is 10.6 Å². The topological polar surface area (TPSA) is 41.1 Å². The predicted molar refractivity (Wildman–Crippen MR) is 59.3 cm³/mol. The predicted octanol–water partition coefficient (Wildman–Crippen LogP) is 1.43. The van der Waals surface area contributed by atoms with E-state index in [1.807, 2.05) is 5.38 Å². The van der Waals surface area contributed by atoms with Crippen LogP contribution in [0.25, 0.3) is 0 Å². The van der Waals surface area contributed by atoms with Crippen molar-refractivity contribution in [3.63, 3.8) is 0 Å². The molecule has 1 amide bonds. The van der Waals surface area contributed by atoms with Crippen LogP contribution in [0, 0.1) is 5.92 Å². The Morgan fingerprint density at radius 3 is 3.00 bits per heavy atom. The SMILES string of the molecule is Cl.O=C1Nc2sccc2[C@@H]2CNC[C@@H]12. The van der Waals surface area contributed by atoms with E-state index in [0.717, 1.165) is 18.1 Å². The fourth-order valence-electron chi connectivity index (χ4n) is 2.20. The van der Waals surface area contributed by atoms with Gasteiger partial charge in [0.1, 0.15) is 0 Å². The van der Waals surface area contributed by atoms with Gasteiger partial charge in [-0.25, -0.2) is 0 Å². The van der Waals surface area contributed by atoms with Crippen molar-refractivity contribution in [2.24, 2.45) is 5.92 Å². The minimum absolute atomic E-state index is 0. The lowest BCUT2D eigenvalue weighted by Crippen LogP contribution is -2.31. The first-order chi connectivity index (χ1) is 6.36. The number of nitrogens with one attached hydrogen (secondary N) is 2. The van der Waals surface area contributed by atoms with E-state index in [0.29, 0.717) is 5.92 Å². The highest BCUT2D eigenvalue weighted by Crippen LogP contribution is 2.40. The fourth-order valence-corrected chi connectivity index (χ4v) is 3.06. The second-order valence-corrected chi connectivity index (χ2v) is 4.48. The van der Waals surface area contributed by atoms with E-state index in [9.17, 15) is 4.79 Å². The summed E-state index contributed by atoms with van der Waals surface area (Å²) in [7, 11) is 0. The van der Waals surface area contributed by atoms with Crippen LogP contribution in [0.15, 0.2) is 11.4 Å². The number of amides is 1. The minimum Gasteiger partial charge on any atom is -0.317 e. The highest BCUT2D eigenvalue weighted by Gasteiger charge is 2.39. The number of carbonyl (C=O) groups is 1. The van der Waals surface area contributed by atoms with Crippen LogP contribution in [0.1, 0.15) is 11.5 Å². The Hall–Kier alpha value is -0.580. The average molecular weight is 231 g/mol. The molecule has 0 aromatic carbocycles. The lowest BCUT2D eigenvalue weighted by atomic mass is 9.87. The number of rotatable bonds is 0. The molecule has 0 saturated carbocycles. The molecule has 5 heteroatoms. The second-order valence-electron chi connectivity index (χ2n) is 3.57. The number of anilines is 1. The Morgan fingerprint density at radius 2 is 2.14 bits per heavy atom. The third-order valence-corrected chi connectivity index (χ3v) is 3.73. The second kappa shape index (κ2) is 3.53. The van der Waals surface area contributed by atoms with Gasteiger partial charge < -0.3 is 10.6 Å². The Kier molecular flexibility index (Phi) is 2.51. The smallest absolute Gasteiger partial charge is 0.230 e. The van der Waals surface area contributed by atoms with Crippen LogP contribution in [-0.4, -0.2) is 19.0 Å². The van der Waals surface area contributed by atoms with Crippen LogP contribution in [-0.2, 0) is 4.79 Å². The van der Waals surface area contributed by atoms with E-state index in [2.05, 4.69) is 16.7 Å². The lowest BCUT2D eigenvalue weighted by Gasteiger charge is -2.24. The summed E-state index contributed by atoms with van der Waals surface area (Å²) in [5, 5.41) is 9.32. The molecule has 1 fully saturated rings. The molecule has 3 nitrogen and oxygen atoms in total. The van der Waals surface area contributed by atoms with Gasteiger partial charge in [0, 0.05) is 19.0 Å². The molecular formula is C9H11ClN2OS. The molecule has 2 N–H and O–H groups in total. The molecule has 2 aliphatic rings. The summed E-state index contributed by atoms with van der Waals surface area (Å²) in [5.74, 6) is 0.752. The summed E-state index contributed by atoms with van der Waals surface area (Å²) < 4.78 is 0. The van der Waals surface area contributed by atoms with Crippen LogP contribution >= 0.6 is 23.7 Å². The Morgan fingerprint density at radius 1 is 1.36 bits per heavy atom. The van der Waals surface area contributed by atoms with Gasteiger partial charge in [-0.1, -0.05) is 0 Å². The van der Waals surface area contributed by atoms with Crippen molar-refractivity contribution in [3.8, 4) is 0 Å². The van der Waals surface area contributed by atoms with Gasteiger partial charge in [0.2, 0.25) is 5.91 Å². The van der Waals surface area contributed by atoms with Crippen molar-refractivity contribution in [1.82, 2.24) is 5.32 Å². The summed E-state index contributed by atoms with van der Waals surface area (Å²) in [6.45, 7) is 1.77. The zero-order valence-electron chi connectivity index (χ0n) is 7.45. The molecule has 1 aromatic heterocycles. The van der Waals surface area contributed by atoms with Crippen molar-refractivity contribution < 1.29 is 4.79 Å². The highest BCUT2D eigenvalue weighted by molar-refractivity contribution is 7.14. The maximum atomic E-state index is 11.6. The Labute approximate surface area is 92.3 Å². The summed E-state index contributed by atoms with van der Waals surface area (Å²) in [6, 6.07) is 2.13. The van der Waals surface area contributed by atoms with Gasteiger partial charge in [-0.3, -0.25) is 4.79 Å². The molecule has 3 heterocycles. The van der Waals surface area contributed by atoms with Gasteiger partial charge in [0.15, 0.2) is 0 Å². The third-order valence-electron chi connectivity index (χ3n) is 2.88. The van der Waals surface area contributed by atoms with E-state index in [4.69, 9.17) is 0 Å². The number of fused-ring (bicyclic) bond motifs is 3. The van der Waals surface area contributed by atoms with Crippen LogP contribution in [0.3, 0.4) is 0 Å². The molecule has 1 saturated heterocycles. The van der Waals surface area contributed by atoms with E-state index < -0.39 is 0 Å². The zero-order valence-corrected chi connectivity index (χ0v) is 9.08. The van der Waals surface area contributed by atoms with E-state index in [-0.39, 0.29) is 24.2 Å². The number of thiophene rings is 1. The summed E-state index contributed by atoms with van der Waals surface area (Å²) in [5.41, 5.74) is 1.32. The van der Waals surface area contributed by atoms with Crippen molar-refractivity contribution in [2.75, 3.05) is 18.4 Å². The average Bonchev–Trinajstić information content (AvgIpc) is 2.66. The Bertz CT molecular complexity index is 365. The number of halogens is 1. The van der Waals surface area contributed by atoms with Crippen LogP contribution in [0.2, 0.25) is 0 Å². The molecule has 2 aliphatic heterocycles. The van der Waals surface area contributed by atoms with Gasteiger partial charge in [-0.05, 0) is 17.0 Å². The molecule has 76 valence electrons. The molecule has 1 aromatic rings. The molecule has 14 heavy (non-hydrogen) atoms. The molecule has 2 atom stereocenters. The fraction of sp³-hybridized carbons (Fsp3) is 0.444. The third kappa shape index (κ3) is 1.26. The monoisotopic (exact) mass is 230 g/mol. The van der Waals surface area contributed by atoms with E-state index in [1.54, 1.807) is 11.3 Å². The molecular weight excluding hydrogens is 220 g/mol. The molecule has 0 radical (unpaired) electrons. The van der Waals surface area contributed by atoms with Gasteiger partial charge in [-0.2, -0.15) is 0 Å². The van der Waals surface area contributed by atoms with Crippen molar-refractivity contribution >= 4 is 34.7 Å². The lowest BCUT2D eigenvalue weighted by molar-refractivity contribution is -0.120. The number of carbonyl (C=O) groups excluding carboxylic acids is 1. The van der Waals surface area contributed by atoms with Gasteiger partial charge in [0.05, 0.1) is 10.9 Å². The quantitative estimate of drug-likeness (QED) is 0.708. The normalized spacial score (nSPS) is 28.7. The van der Waals surface area contributed by atoms with Crippen LogP contribution in [0.5, 0.6) is 0 Å². The molecule has 0 bridgehead atoms. The molecule has 0 spiro atoms.